The first kappa shape index (κ1) is 23.9. The first-order valence-electron chi connectivity index (χ1n) is 8.72. The number of hydrogen-bond acceptors (Lipinski definition) is 5. The summed E-state index contributed by atoms with van der Waals surface area (Å²) in [6, 6.07) is 6.10. The molecule has 2 aromatic carbocycles. The van der Waals surface area contributed by atoms with Crippen LogP contribution in [0.4, 0.5) is 0 Å². The van der Waals surface area contributed by atoms with Crippen LogP contribution >= 0.6 is 67.8 Å². The lowest BCUT2D eigenvalue weighted by Crippen LogP contribution is -2.17. The van der Waals surface area contributed by atoms with Crippen molar-refractivity contribution in [1.29, 1.82) is 0 Å². The van der Waals surface area contributed by atoms with E-state index in [0.717, 1.165) is 29.3 Å². The molecule has 0 heterocycles. The third-order valence-corrected chi connectivity index (χ3v) is 11.6. The molecule has 0 saturated heterocycles. The third kappa shape index (κ3) is 5.38. The molecule has 158 valence electrons. The van der Waals surface area contributed by atoms with Crippen LogP contribution in [0.3, 0.4) is 0 Å². The molecule has 0 saturated carbocycles. The van der Waals surface area contributed by atoms with Crippen LogP contribution in [0.15, 0.2) is 34.1 Å². The van der Waals surface area contributed by atoms with Crippen molar-refractivity contribution < 1.29 is 25.6 Å². The van der Waals surface area contributed by atoms with Crippen molar-refractivity contribution in [2.45, 2.75) is 48.3 Å². The monoisotopic (exact) mass is 774 g/mol. The standard InChI is InChI=1S/C18H17I3O6S2/c19-13-7-8-14(20)18(17(13)21)29(25,26)27-15-9-10-16(28(22,23)24)12-6-4-2-1-3-5-11(12)15/h7-10H,1-6H2,(H,22,23,24). The molecule has 0 amide bonds. The van der Waals surface area contributed by atoms with Gasteiger partial charge in [-0.1, -0.05) is 12.8 Å². The normalized spacial score (nSPS) is 15.3. The minimum absolute atomic E-state index is 0.101. The molecule has 1 N–H and O–H groups in total. The zero-order valence-electron chi connectivity index (χ0n) is 15.0. The molecule has 0 atom stereocenters. The molecule has 0 aromatic heterocycles. The SMILES string of the molecule is O=S(=O)(O)c1ccc(OS(=O)(=O)c2c(I)ccc(I)c2I)c2c1CCCCCC2. The predicted octanol–water partition coefficient (Wildman–Crippen LogP) is 5.17. The Morgan fingerprint density at radius 1 is 0.793 bits per heavy atom. The highest BCUT2D eigenvalue weighted by Crippen LogP contribution is 2.36. The van der Waals surface area contributed by atoms with E-state index in [9.17, 15) is 21.4 Å². The summed E-state index contributed by atoms with van der Waals surface area (Å²) in [6.07, 6.45) is 4.40. The van der Waals surface area contributed by atoms with E-state index in [1.165, 1.54) is 12.1 Å². The minimum Gasteiger partial charge on any atom is -0.379 e. The highest BCUT2D eigenvalue weighted by molar-refractivity contribution is 14.1. The Hall–Kier alpha value is 0.290. The van der Waals surface area contributed by atoms with Crippen molar-refractivity contribution >= 4 is 88.0 Å². The van der Waals surface area contributed by atoms with Crippen LogP contribution < -0.4 is 4.18 Å². The number of rotatable bonds is 4. The van der Waals surface area contributed by atoms with Crippen LogP contribution in [0, 0.1) is 10.7 Å². The van der Waals surface area contributed by atoms with E-state index in [-0.39, 0.29) is 15.5 Å². The van der Waals surface area contributed by atoms with E-state index in [1.807, 2.05) is 51.2 Å². The van der Waals surface area contributed by atoms with Crippen LogP contribution in [-0.4, -0.2) is 21.4 Å². The first-order chi connectivity index (χ1) is 13.5. The van der Waals surface area contributed by atoms with Crippen molar-refractivity contribution in [1.82, 2.24) is 0 Å². The summed E-state index contributed by atoms with van der Waals surface area (Å²) < 4.78 is 67.0. The van der Waals surface area contributed by atoms with Gasteiger partial charge in [0.15, 0.2) is 0 Å². The fraction of sp³-hybridized carbons (Fsp3) is 0.333. The molecule has 0 fully saturated rings. The predicted molar refractivity (Wildman–Crippen MR) is 135 cm³/mol. The highest BCUT2D eigenvalue weighted by atomic mass is 127. The average Bonchev–Trinajstić information content (AvgIpc) is 2.58. The van der Waals surface area contributed by atoms with E-state index in [0.29, 0.717) is 31.1 Å². The first-order valence-corrected chi connectivity index (χ1v) is 14.8. The van der Waals surface area contributed by atoms with Gasteiger partial charge in [-0.2, -0.15) is 16.8 Å². The molecule has 0 radical (unpaired) electrons. The van der Waals surface area contributed by atoms with Gasteiger partial charge in [0, 0.05) is 16.3 Å². The van der Waals surface area contributed by atoms with Gasteiger partial charge < -0.3 is 4.18 Å². The van der Waals surface area contributed by atoms with E-state index in [2.05, 4.69) is 22.6 Å². The number of benzene rings is 2. The topological polar surface area (TPSA) is 97.7 Å². The van der Waals surface area contributed by atoms with Crippen LogP contribution in [-0.2, 0) is 33.1 Å². The summed E-state index contributed by atoms with van der Waals surface area (Å²) in [4.78, 5) is -0.0679. The Morgan fingerprint density at radius 3 is 2.00 bits per heavy atom. The zero-order chi connectivity index (χ0) is 21.4. The minimum atomic E-state index is -4.41. The van der Waals surface area contributed by atoms with E-state index in [1.54, 1.807) is 6.07 Å². The van der Waals surface area contributed by atoms with Gasteiger partial charge >= 0.3 is 10.1 Å². The average molecular weight is 774 g/mol. The Bertz CT molecular complexity index is 1160. The van der Waals surface area contributed by atoms with Crippen molar-refractivity contribution in [3.63, 3.8) is 0 Å². The lowest BCUT2D eigenvalue weighted by Gasteiger charge is -2.20. The van der Waals surface area contributed by atoms with Gasteiger partial charge in [0.2, 0.25) is 0 Å². The molecule has 0 bridgehead atoms. The van der Waals surface area contributed by atoms with Gasteiger partial charge in [0.25, 0.3) is 10.1 Å². The number of fused-ring (bicyclic) bond motifs is 1. The maximum atomic E-state index is 13.1. The summed E-state index contributed by atoms with van der Waals surface area (Å²) in [7, 11) is -8.54. The van der Waals surface area contributed by atoms with E-state index < -0.39 is 20.2 Å². The van der Waals surface area contributed by atoms with Gasteiger partial charge in [-0.3, -0.25) is 4.55 Å². The second kappa shape index (κ2) is 9.42. The lowest BCUT2D eigenvalue weighted by molar-refractivity contribution is 0.474. The molecule has 1 aliphatic rings. The van der Waals surface area contributed by atoms with Gasteiger partial charge in [-0.25, -0.2) is 0 Å². The number of hydrogen-bond donors (Lipinski definition) is 1. The molecule has 3 rings (SSSR count). The summed E-state index contributed by atoms with van der Waals surface area (Å²) in [5.41, 5.74) is 0.992. The summed E-state index contributed by atoms with van der Waals surface area (Å²) in [5, 5.41) is 0. The quantitative estimate of drug-likeness (QED) is 0.200. The van der Waals surface area contributed by atoms with Gasteiger partial charge in [-0.15, -0.1) is 0 Å². The Kier molecular flexibility index (Phi) is 7.78. The van der Waals surface area contributed by atoms with Crippen LogP contribution in [0.5, 0.6) is 5.75 Å². The molecule has 0 spiro atoms. The Balaban J connectivity index is 2.15. The molecule has 29 heavy (non-hydrogen) atoms. The largest absolute Gasteiger partial charge is 0.379 e. The molecule has 2 aromatic rings. The van der Waals surface area contributed by atoms with Crippen molar-refractivity contribution in [2.75, 3.05) is 0 Å². The van der Waals surface area contributed by atoms with E-state index in [4.69, 9.17) is 4.18 Å². The summed E-state index contributed by atoms with van der Waals surface area (Å²) >= 11 is 6.02. The van der Waals surface area contributed by atoms with Crippen LogP contribution in [0.25, 0.3) is 0 Å². The van der Waals surface area contributed by atoms with Crippen molar-refractivity contribution in [3.8, 4) is 5.75 Å². The third-order valence-electron chi connectivity index (χ3n) is 4.68. The second-order valence-electron chi connectivity index (χ2n) is 6.62. The second-order valence-corrected chi connectivity index (χ2v) is 12.9. The lowest BCUT2D eigenvalue weighted by atomic mass is 9.92. The van der Waals surface area contributed by atoms with Gasteiger partial charge in [0.1, 0.15) is 10.6 Å². The Labute approximate surface area is 211 Å². The highest BCUT2D eigenvalue weighted by Gasteiger charge is 2.28. The fourth-order valence-electron chi connectivity index (χ4n) is 3.37. The van der Waals surface area contributed by atoms with Crippen LogP contribution in [0.2, 0.25) is 0 Å². The van der Waals surface area contributed by atoms with Crippen molar-refractivity contribution in [2.24, 2.45) is 0 Å². The molecular formula is C18H17I3O6S2. The Morgan fingerprint density at radius 2 is 1.38 bits per heavy atom. The molecule has 1 aliphatic carbocycles. The number of halogens is 3. The maximum absolute atomic E-state index is 13.1. The fourth-order valence-corrected chi connectivity index (χ4v) is 8.95. The molecule has 6 nitrogen and oxygen atoms in total. The van der Waals surface area contributed by atoms with Gasteiger partial charge in [0.05, 0.1) is 4.90 Å². The zero-order valence-corrected chi connectivity index (χ0v) is 23.1. The summed E-state index contributed by atoms with van der Waals surface area (Å²) in [5.74, 6) is 0.125. The van der Waals surface area contributed by atoms with Gasteiger partial charge in [-0.05, 0) is 123 Å². The molecule has 0 aliphatic heterocycles. The molecule has 0 unspecified atom stereocenters. The van der Waals surface area contributed by atoms with Crippen LogP contribution in [0.1, 0.15) is 36.8 Å². The smallest absolute Gasteiger partial charge is 0.341 e. The molecular weight excluding hydrogens is 757 g/mol. The van der Waals surface area contributed by atoms with E-state index >= 15 is 0 Å². The maximum Gasteiger partial charge on any atom is 0.341 e. The summed E-state index contributed by atoms with van der Waals surface area (Å²) in [6.45, 7) is 0. The molecule has 11 heteroatoms. The van der Waals surface area contributed by atoms with Crippen molar-refractivity contribution in [3.05, 3.63) is 46.1 Å².